The van der Waals surface area contributed by atoms with E-state index in [1.165, 1.54) is 18.4 Å². The largest absolute Gasteiger partial charge is 0.394 e. The summed E-state index contributed by atoms with van der Waals surface area (Å²) in [4.78, 5) is 0. The number of hydrogen-bond acceptors (Lipinski definition) is 2. The summed E-state index contributed by atoms with van der Waals surface area (Å²) in [6, 6.07) is 7.86. The molecule has 1 fully saturated rings. The third-order valence-electron chi connectivity index (χ3n) is 3.42. The monoisotopic (exact) mass is 239 g/mol. The number of benzene rings is 1. The maximum atomic E-state index is 9.46. The van der Waals surface area contributed by atoms with Gasteiger partial charge in [-0.2, -0.15) is 0 Å². The van der Waals surface area contributed by atoms with Crippen LogP contribution in [0.15, 0.2) is 24.3 Å². The van der Waals surface area contributed by atoms with Crippen LogP contribution in [-0.2, 0) is 6.54 Å². The number of aliphatic hydroxyl groups is 1. The molecule has 88 valence electrons. The van der Waals surface area contributed by atoms with Crippen molar-refractivity contribution < 1.29 is 5.11 Å². The molecular formula is C13H18ClNO. The van der Waals surface area contributed by atoms with Crippen LogP contribution in [0.2, 0.25) is 5.02 Å². The predicted molar refractivity (Wildman–Crippen MR) is 66.6 cm³/mol. The molecule has 1 saturated carbocycles. The molecule has 1 aliphatic rings. The molecule has 0 unspecified atom stereocenters. The number of rotatable bonds is 4. The number of nitrogens with one attached hydrogen (secondary N) is 1. The van der Waals surface area contributed by atoms with Gasteiger partial charge in [0.05, 0.1) is 6.61 Å². The van der Waals surface area contributed by atoms with Crippen LogP contribution in [-0.4, -0.2) is 17.3 Å². The van der Waals surface area contributed by atoms with Gasteiger partial charge in [0.15, 0.2) is 0 Å². The number of hydrogen-bond donors (Lipinski definition) is 2. The lowest BCUT2D eigenvalue weighted by molar-refractivity contribution is 0.163. The average Bonchev–Trinajstić information content (AvgIpc) is 2.76. The Bertz CT molecular complexity index is 348. The zero-order valence-corrected chi connectivity index (χ0v) is 10.1. The highest BCUT2D eigenvalue weighted by molar-refractivity contribution is 6.30. The van der Waals surface area contributed by atoms with Crippen molar-refractivity contribution in [3.63, 3.8) is 0 Å². The molecule has 0 amide bonds. The highest BCUT2D eigenvalue weighted by Crippen LogP contribution is 2.29. The molecule has 3 heteroatoms. The first-order chi connectivity index (χ1) is 7.74. The fraction of sp³-hybridized carbons (Fsp3) is 0.538. The SMILES string of the molecule is OCC1(NCc2cccc(Cl)c2)CCCC1. The minimum atomic E-state index is -0.0533. The first kappa shape index (κ1) is 11.9. The number of aliphatic hydroxyl groups excluding tert-OH is 1. The molecule has 0 atom stereocenters. The van der Waals surface area contributed by atoms with Crippen molar-refractivity contribution in [2.75, 3.05) is 6.61 Å². The van der Waals surface area contributed by atoms with Crippen LogP contribution in [0.1, 0.15) is 31.2 Å². The molecule has 2 N–H and O–H groups in total. The van der Waals surface area contributed by atoms with Gasteiger partial charge in [0.2, 0.25) is 0 Å². The van der Waals surface area contributed by atoms with Crippen LogP contribution in [0.5, 0.6) is 0 Å². The molecule has 0 aromatic heterocycles. The summed E-state index contributed by atoms with van der Waals surface area (Å²) in [6.45, 7) is 1.01. The zero-order valence-electron chi connectivity index (χ0n) is 9.38. The Kier molecular flexibility index (Phi) is 3.85. The average molecular weight is 240 g/mol. The summed E-state index contributed by atoms with van der Waals surface area (Å²) in [6.07, 6.45) is 4.57. The predicted octanol–water partition coefficient (Wildman–Crippen LogP) is 2.73. The van der Waals surface area contributed by atoms with Crippen LogP contribution in [0.25, 0.3) is 0 Å². The van der Waals surface area contributed by atoms with Crippen LogP contribution in [0, 0.1) is 0 Å². The normalized spacial score (nSPS) is 18.9. The van der Waals surface area contributed by atoms with E-state index in [-0.39, 0.29) is 12.1 Å². The minimum absolute atomic E-state index is 0.0533. The molecule has 1 aliphatic carbocycles. The van der Waals surface area contributed by atoms with Crippen LogP contribution in [0.3, 0.4) is 0 Å². The van der Waals surface area contributed by atoms with Crippen molar-refractivity contribution in [1.29, 1.82) is 0 Å². The lowest BCUT2D eigenvalue weighted by atomic mass is 9.98. The van der Waals surface area contributed by atoms with Gasteiger partial charge in [0.25, 0.3) is 0 Å². The van der Waals surface area contributed by atoms with Crippen molar-refractivity contribution in [2.24, 2.45) is 0 Å². The molecule has 2 rings (SSSR count). The Morgan fingerprint density at radius 1 is 1.31 bits per heavy atom. The summed E-state index contributed by atoms with van der Waals surface area (Å²) >= 11 is 5.93. The summed E-state index contributed by atoms with van der Waals surface area (Å²) in [7, 11) is 0. The first-order valence-electron chi connectivity index (χ1n) is 5.84. The molecule has 0 heterocycles. The van der Waals surface area contributed by atoms with Crippen molar-refractivity contribution in [1.82, 2.24) is 5.32 Å². The quantitative estimate of drug-likeness (QED) is 0.847. The molecule has 1 aromatic carbocycles. The van der Waals surface area contributed by atoms with Gasteiger partial charge in [0.1, 0.15) is 0 Å². The van der Waals surface area contributed by atoms with E-state index in [9.17, 15) is 5.11 Å². The van der Waals surface area contributed by atoms with Gasteiger partial charge in [-0.05, 0) is 30.5 Å². The van der Waals surface area contributed by atoms with Crippen LogP contribution >= 0.6 is 11.6 Å². The highest BCUT2D eigenvalue weighted by atomic mass is 35.5. The fourth-order valence-electron chi connectivity index (χ4n) is 2.38. The van der Waals surface area contributed by atoms with E-state index in [0.717, 1.165) is 24.4 Å². The van der Waals surface area contributed by atoms with Gasteiger partial charge in [0, 0.05) is 17.1 Å². The van der Waals surface area contributed by atoms with Crippen molar-refractivity contribution in [3.05, 3.63) is 34.9 Å². The molecule has 2 nitrogen and oxygen atoms in total. The van der Waals surface area contributed by atoms with E-state index in [4.69, 9.17) is 11.6 Å². The summed E-state index contributed by atoms with van der Waals surface area (Å²) in [5.41, 5.74) is 1.12. The Morgan fingerprint density at radius 2 is 2.06 bits per heavy atom. The second-order valence-electron chi connectivity index (χ2n) is 4.63. The maximum Gasteiger partial charge on any atom is 0.0613 e. The smallest absolute Gasteiger partial charge is 0.0613 e. The molecule has 16 heavy (non-hydrogen) atoms. The van der Waals surface area contributed by atoms with E-state index in [2.05, 4.69) is 11.4 Å². The lowest BCUT2D eigenvalue weighted by Crippen LogP contribution is -2.45. The summed E-state index contributed by atoms with van der Waals surface area (Å²) in [5.74, 6) is 0. The van der Waals surface area contributed by atoms with Crippen molar-refractivity contribution >= 4 is 11.6 Å². The van der Waals surface area contributed by atoms with Crippen molar-refractivity contribution in [2.45, 2.75) is 37.8 Å². The molecule has 0 radical (unpaired) electrons. The second-order valence-corrected chi connectivity index (χ2v) is 5.07. The van der Waals surface area contributed by atoms with Crippen LogP contribution < -0.4 is 5.32 Å². The topological polar surface area (TPSA) is 32.3 Å². The van der Waals surface area contributed by atoms with Gasteiger partial charge in [-0.15, -0.1) is 0 Å². The van der Waals surface area contributed by atoms with Gasteiger partial charge >= 0.3 is 0 Å². The summed E-state index contributed by atoms with van der Waals surface area (Å²) in [5, 5.41) is 13.7. The van der Waals surface area contributed by atoms with Gasteiger partial charge < -0.3 is 10.4 Å². The highest BCUT2D eigenvalue weighted by Gasteiger charge is 2.32. The van der Waals surface area contributed by atoms with E-state index < -0.39 is 0 Å². The van der Waals surface area contributed by atoms with E-state index in [1.807, 2.05) is 18.2 Å². The fourth-order valence-corrected chi connectivity index (χ4v) is 2.59. The molecule has 0 saturated heterocycles. The Hall–Kier alpha value is -0.570. The zero-order chi connectivity index (χ0) is 11.4. The maximum absolute atomic E-state index is 9.46. The molecule has 0 spiro atoms. The third-order valence-corrected chi connectivity index (χ3v) is 3.65. The van der Waals surface area contributed by atoms with Gasteiger partial charge in [-0.1, -0.05) is 36.6 Å². The van der Waals surface area contributed by atoms with E-state index in [0.29, 0.717) is 0 Å². The second kappa shape index (κ2) is 5.17. The minimum Gasteiger partial charge on any atom is -0.394 e. The third kappa shape index (κ3) is 2.76. The number of halogens is 1. The molecule has 0 aliphatic heterocycles. The van der Waals surface area contributed by atoms with Gasteiger partial charge in [-0.3, -0.25) is 0 Å². The summed E-state index contributed by atoms with van der Waals surface area (Å²) < 4.78 is 0. The molecule has 1 aromatic rings. The Balaban J connectivity index is 1.95. The van der Waals surface area contributed by atoms with Crippen molar-refractivity contribution in [3.8, 4) is 0 Å². The Labute approximate surface area is 102 Å². The molecular weight excluding hydrogens is 222 g/mol. The van der Waals surface area contributed by atoms with E-state index in [1.54, 1.807) is 0 Å². The lowest BCUT2D eigenvalue weighted by Gasteiger charge is -2.28. The standard InChI is InChI=1S/C13H18ClNO/c14-12-5-3-4-11(8-12)9-15-13(10-16)6-1-2-7-13/h3-5,8,15-16H,1-2,6-7,9-10H2. The molecule has 0 bridgehead atoms. The first-order valence-corrected chi connectivity index (χ1v) is 6.22. The van der Waals surface area contributed by atoms with Gasteiger partial charge in [-0.25, -0.2) is 0 Å². The Morgan fingerprint density at radius 3 is 2.69 bits per heavy atom. The van der Waals surface area contributed by atoms with E-state index >= 15 is 0 Å². The van der Waals surface area contributed by atoms with Crippen LogP contribution in [0.4, 0.5) is 0 Å².